The van der Waals surface area contributed by atoms with Gasteiger partial charge in [-0.3, -0.25) is 0 Å². The lowest BCUT2D eigenvalue weighted by Gasteiger charge is -2.26. The zero-order chi connectivity index (χ0) is 14.1. The van der Waals surface area contributed by atoms with Gasteiger partial charge in [0.2, 0.25) is 0 Å². The lowest BCUT2D eigenvalue weighted by Crippen LogP contribution is -2.38. The molecule has 1 aliphatic heterocycles. The SMILES string of the molecule is Nc1nc2c(s1)CN(C(=O)Nc1ccc(Cl)cc1)CC2. The second-order valence-electron chi connectivity index (χ2n) is 4.53. The number of amides is 2. The highest BCUT2D eigenvalue weighted by Crippen LogP contribution is 2.26. The number of nitrogens with one attached hydrogen (secondary N) is 1. The number of nitrogens with zero attached hydrogens (tertiary/aromatic N) is 2. The van der Waals surface area contributed by atoms with Crippen LogP contribution in [0.25, 0.3) is 0 Å². The predicted octanol–water partition coefficient (Wildman–Crippen LogP) is 2.97. The highest BCUT2D eigenvalue weighted by molar-refractivity contribution is 7.15. The molecule has 1 aromatic carbocycles. The molecule has 0 saturated heterocycles. The molecular formula is C13H13ClN4OS. The van der Waals surface area contributed by atoms with E-state index in [-0.39, 0.29) is 6.03 Å². The van der Waals surface area contributed by atoms with Gasteiger partial charge >= 0.3 is 6.03 Å². The van der Waals surface area contributed by atoms with Crippen molar-refractivity contribution in [3.05, 3.63) is 39.9 Å². The molecule has 5 nitrogen and oxygen atoms in total. The molecule has 0 saturated carbocycles. The van der Waals surface area contributed by atoms with Crippen LogP contribution in [-0.2, 0) is 13.0 Å². The maximum absolute atomic E-state index is 12.2. The maximum atomic E-state index is 12.2. The molecule has 0 atom stereocenters. The lowest BCUT2D eigenvalue weighted by atomic mass is 10.2. The summed E-state index contributed by atoms with van der Waals surface area (Å²) >= 11 is 7.26. The largest absolute Gasteiger partial charge is 0.375 e. The van der Waals surface area contributed by atoms with Crippen LogP contribution in [0.4, 0.5) is 15.6 Å². The van der Waals surface area contributed by atoms with Gasteiger partial charge in [0.1, 0.15) is 0 Å². The van der Waals surface area contributed by atoms with Gasteiger partial charge < -0.3 is 16.0 Å². The van der Waals surface area contributed by atoms with Gasteiger partial charge in [-0.15, -0.1) is 11.3 Å². The molecule has 2 amide bonds. The summed E-state index contributed by atoms with van der Waals surface area (Å²) in [4.78, 5) is 19.3. The van der Waals surface area contributed by atoms with Crippen molar-refractivity contribution in [1.82, 2.24) is 9.88 Å². The number of thiazole rings is 1. The minimum Gasteiger partial charge on any atom is -0.375 e. The van der Waals surface area contributed by atoms with Gasteiger partial charge in [0.25, 0.3) is 0 Å². The van der Waals surface area contributed by atoms with Gasteiger partial charge in [0.05, 0.1) is 12.2 Å². The summed E-state index contributed by atoms with van der Waals surface area (Å²) in [6.45, 7) is 1.21. The third kappa shape index (κ3) is 2.71. The summed E-state index contributed by atoms with van der Waals surface area (Å²) < 4.78 is 0. The van der Waals surface area contributed by atoms with Gasteiger partial charge in [-0.1, -0.05) is 11.6 Å². The van der Waals surface area contributed by atoms with Crippen LogP contribution >= 0.6 is 22.9 Å². The van der Waals surface area contributed by atoms with E-state index in [1.165, 1.54) is 11.3 Å². The Morgan fingerprint density at radius 1 is 1.40 bits per heavy atom. The number of nitrogens with two attached hydrogens (primary N) is 1. The molecule has 1 aromatic heterocycles. The van der Waals surface area contributed by atoms with Crippen molar-refractivity contribution in [2.24, 2.45) is 0 Å². The molecule has 1 aliphatic rings. The van der Waals surface area contributed by atoms with E-state index in [9.17, 15) is 4.79 Å². The standard InChI is InChI=1S/C13H13ClN4OS/c14-8-1-3-9(4-2-8)16-13(19)18-6-5-10-11(7-18)20-12(15)17-10/h1-4H,5-7H2,(H2,15,17)(H,16,19). The number of anilines is 2. The summed E-state index contributed by atoms with van der Waals surface area (Å²) in [6, 6.07) is 6.93. The molecule has 0 bridgehead atoms. The molecule has 104 valence electrons. The van der Waals surface area contributed by atoms with Crippen molar-refractivity contribution in [3.8, 4) is 0 Å². The van der Waals surface area contributed by atoms with Crippen LogP contribution < -0.4 is 11.1 Å². The minimum atomic E-state index is -0.120. The lowest BCUT2D eigenvalue weighted by molar-refractivity contribution is 0.207. The quantitative estimate of drug-likeness (QED) is 0.851. The second kappa shape index (κ2) is 5.30. The van der Waals surface area contributed by atoms with E-state index in [1.54, 1.807) is 29.2 Å². The van der Waals surface area contributed by atoms with Crippen LogP contribution in [0.1, 0.15) is 10.6 Å². The van der Waals surface area contributed by atoms with Gasteiger partial charge in [-0.25, -0.2) is 9.78 Å². The topological polar surface area (TPSA) is 71.2 Å². The molecule has 3 rings (SSSR count). The molecule has 0 unspecified atom stereocenters. The highest BCUT2D eigenvalue weighted by Gasteiger charge is 2.23. The Labute approximate surface area is 125 Å². The minimum absolute atomic E-state index is 0.120. The van der Waals surface area contributed by atoms with Gasteiger partial charge in [0, 0.05) is 28.6 Å². The van der Waals surface area contributed by atoms with E-state index in [4.69, 9.17) is 17.3 Å². The third-order valence-corrected chi connectivity index (χ3v) is 4.29. The Balaban J connectivity index is 1.68. The summed E-state index contributed by atoms with van der Waals surface area (Å²) in [5.41, 5.74) is 7.44. The number of carbonyl (C=O) groups is 1. The molecule has 2 aromatic rings. The van der Waals surface area contributed by atoms with Crippen molar-refractivity contribution in [3.63, 3.8) is 0 Å². The first-order chi connectivity index (χ1) is 9.61. The van der Waals surface area contributed by atoms with Gasteiger partial charge in [-0.2, -0.15) is 0 Å². The van der Waals surface area contributed by atoms with E-state index >= 15 is 0 Å². The number of hydrogen-bond acceptors (Lipinski definition) is 4. The summed E-state index contributed by atoms with van der Waals surface area (Å²) in [6.07, 6.45) is 0.747. The molecule has 0 aliphatic carbocycles. The van der Waals surface area contributed by atoms with E-state index in [1.807, 2.05) is 0 Å². The number of nitrogen functional groups attached to an aromatic ring is 1. The van der Waals surface area contributed by atoms with Crippen LogP contribution in [0.2, 0.25) is 5.02 Å². The Bertz CT molecular complexity index is 640. The predicted molar refractivity (Wildman–Crippen MR) is 81.1 cm³/mol. The molecule has 0 radical (unpaired) electrons. The molecule has 20 heavy (non-hydrogen) atoms. The molecule has 2 heterocycles. The average Bonchev–Trinajstić information content (AvgIpc) is 2.80. The third-order valence-electron chi connectivity index (χ3n) is 3.13. The van der Waals surface area contributed by atoms with E-state index < -0.39 is 0 Å². The van der Waals surface area contributed by atoms with Crippen LogP contribution in [0.5, 0.6) is 0 Å². The number of fused-ring (bicyclic) bond motifs is 1. The number of urea groups is 1. The van der Waals surface area contributed by atoms with Crippen LogP contribution in [0, 0.1) is 0 Å². The van der Waals surface area contributed by atoms with Crippen LogP contribution in [0.15, 0.2) is 24.3 Å². The number of carbonyl (C=O) groups excluding carboxylic acids is 1. The van der Waals surface area contributed by atoms with Gasteiger partial charge in [0.15, 0.2) is 5.13 Å². The van der Waals surface area contributed by atoms with Crippen molar-refractivity contribution in [2.75, 3.05) is 17.6 Å². The Kier molecular flexibility index (Phi) is 3.50. The summed E-state index contributed by atoms with van der Waals surface area (Å²) in [5, 5.41) is 4.07. The molecule has 3 N–H and O–H groups in total. The van der Waals surface area contributed by atoms with Crippen LogP contribution in [0.3, 0.4) is 0 Å². The molecule has 0 spiro atoms. The number of rotatable bonds is 1. The zero-order valence-corrected chi connectivity index (χ0v) is 12.2. The zero-order valence-electron chi connectivity index (χ0n) is 10.6. The molecule has 0 fully saturated rings. The fraction of sp³-hybridized carbons (Fsp3) is 0.231. The van der Waals surface area contributed by atoms with E-state index in [2.05, 4.69) is 10.3 Å². The molecular weight excluding hydrogens is 296 g/mol. The van der Waals surface area contributed by atoms with Crippen LogP contribution in [-0.4, -0.2) is 22.5 Å². The van der Waals surface area contributed by atoms with E-state index in [0.29, 0.717) is 23.2 Å². The molecule has 7 heteroatoms. The second-order valence-corrected chi connectivity index (χ2v) is 6.08. The summed E-state index contributed by atoms with van der Waals surface area (Å²) in [5.74, 6) is 0. The first-order valence-corrected chi connectivity index (χ1v) is 7.37. The monoisotopic (exact) mass is 308 g/mol. The number of hydrogen-bond donors (Lipinski definition) is 2. The Morgan fingerprint density at radius 3 is 2.90 bits per heavy atom. The summed E-state index contributed by atoms with van der Waals surface area (Å²) in [7, 11) is 0. The van der Waals surface area contributed by atoms with Gasteiger partial charge in [-0.05, 0) is 24.3 Å². The number of halogens is 1. The first kappa shape index (κ1) is 13.2. The van der Waals surface area contributed by atoms with Crippen molar-refractivity contribution < 1.29 is 4.79 Å². The maximum Gasteiger partial charge on any atom is 0.322 e. The number of benzene rings is 1. The fourth-order valence-electron chi connectivity index (χ4n) is 2.12. The average molecular weight is 309 g/mol. The van der Waals surface area contributed by atoms with E-state index in [0.717, 1.165) is 22.7 Å². The van der Waals surface area contributed by atoms with Crippen molar-refractivity contribution in [2.45, 2.75) is 13.0 Å². The Morgan fingerprint density at radius 2 is 2.15 bits per heavy atom. The number of aromatic nitrogens is 1. The van der Waals surface area contributed by atoms with Crippen molar-refractivity contribution >= 4 is 39.8 Å². The normalized spacial score (nSPS) is 13.9. The smallest absolute Gasteiger partial charge is 0.322 e. The highest BCUT2D eigenvalue weighted by atomic mass is 35.5. The first-order valence-electron chi connectivity index (χ1n) is 6.17. The Hall–Kier alpha value is -1.79. The van der Waals surface area contributed by atoms with Crippen molar-refractivity contribution in [1.29, 1.82) is 0 Å². The fourth-order valence-corrected chi connectivity index (χ4v) is 3.14.